The Morgan fingerprint density at radius 3 is 2.50 bits per heavy atom. The van der Waals surface area contributed by atoms with Crippen molar-refractivity contribution in [2.75, 3.05) is 20.8 Å². The number of methoxy groups -OCH3 is 2. The first kappa shape index (κ1) is 17.1. The molecule has 1 aromatic rings. The molecule has 112 valence electrons. The van der Waals surface area contributed by atoms with Crippen LogP contribution in [0.3, 0.4) is 0 Å². The fraction of sp³-hybridized carbons (Fsp3) is 0.500. The van der Waals surface area contributed by atoms with E-state index in [0.29, 0.717) is 0 Å². The van der Waals surface area contributed by atoms with E-state index in [4.69, 9.17) is 13.9 Å². The fourth-order valence-corrected chi connectivity index (χ4v) is 3.10. The minimum atomic E-state index is -0.434. The summed E-state index contributed by atoms with van der Waals surface area (Å²) in [6, 6.07) is 9.63. The highest BCUT2D eigenvalue weighted by molar-refractivity contribution is 6.26. The highest BCUT2D eigenvalue weighted by atomic mass is 28.2. The Morgan fingerprint density at radius 2 is 1.90 bits per heavy atom. The Kier molecular flexibility index (Phi) is 9.24. The molecule has 0 N–H and O–H groups in total. The zero-order chi connectivity index (χ0) is 14.6. The van der Waals surface area contributed by atoms with Crippen LogP contribution < -0.4 is 0 Å². The summed E-state index contributed by atoms with van der Waals surface area (Å²) in [6.45, 7) is 4.62. The summed E-state index contributed by atoms with van der Waals surface area (Å²) in [5.74, 6) is 0. The van der Waals surface area contributed by atoms with Gasteiger partial charge < -0.3 is 13.9 Å². The third kappa shape index (κ3) is 7.00. The highest BCUT2D eigenvalue weighted by Gasteiger charge is 2.04. The molecule has 0 saturated carbocycles. The molecule has 3 nitrogen and oxygen atoms in total. The minimum Gasteiger partial charge on any atom is -0.424 e. The van der Waals surface area contributed by atoms with Crippen LogP contribution >= 0.6 is 0 Å². The third-order valence-corrected chi connectivity index (χ3v) is 4.50. The molecule has 0 amide bonds. The van der Waals surface area contributed by atoms with E-state index in [1.165, 1.54) is 11.1 Å². The van der Waals surface area contributed by atoms with Gasteiger partial charge in [-0.25, -0.2) is 0 Å². The lowest BCUT2D eigenvalue weighted by atomic mass is 10.1. The van der Waals surface area contributed by atoms with E-state index >= 15 is 0 Å². The van der Waals surface area contributed by atoms with Crippen molar-refractivity contribution >= 4 is 15.8 Å². The van der Waals surface area contributed by atoms with Gasteiger partial charge >= 0.3 is 0 Å². The van der Waals surface area contributed by atoms with Gasteiger partial charge in [-0.2, -0.15) is 0 Å². The molecule has 4 heteroatoms. The van der Waals surface area contributed by atoms with Crippen LogP contribution in [0, 0.1) is 0 Å². The monoisotopic (exact) mass is 294 g/mol. The first-order chi connectivity index (χ1) is 9.80. The molecule has 0 aliphatic heterocycles. The van der Waals surface area contributed by atoms with Crippen LogP contribution in [0.5, 0.6) is 0 Å². The van der Waals surface area contributed by atoms with Gasteiger partial charge in [0.15, 0.2) is 16.1 Å². The number of aryl methyl sites for hydroxylation is 1. The predicted octanol–water partition coefficient (Wildman–Crippen LogP) is 2.79. The summed E-state index contributed by atoms with van der Waals surface area (Å²) in [7, 11) is 2.92. The van der Waals surface area contributed by atoms with Crippen molar-refractivity contribution in [2.24, 2.45) is 0 Å². The Labute approximate surface area is 124 Å². The Morgan fingerprint density at radius 1 is 1.20 bits per heavy atom. The summed E-state index contributed by atoms with van der Waals surface area (Å²) in [5, 5.41) is 0. The van der Waals surface area contributed by atoms with E-state index in [0.717, 1.165) is 31.9 Å². The highest BCUT2D eigenvalue weighted by Crippen LogP contribution is 2.08. The normalized spacial score (nSPS) is 11.6. The van der Waals surface area contributed by atoms with Crippen LogP contribution in [0.15, 0.2) is 30.8 Å². The van der Waals surface area contributed by atoms with E-state index < -0.39 is 9.76 Å². The Hall–Kier alpha value is -0.943. The molecule has 0 bridgehead atoms. The van der Waals surface area contributed by atoms with Crippen LogP contribution in [0.2, 0.25) is 6.04 Å². The van der Waals surface area contributed by atoms with Crippen molar-refractivity contribution in [3.63, 3.8) is 0 Å². The molecule has 0 heterocycles. The van der Waals surface area contributed by atoms with E-state index in [9.17, 15) is 0 Å². The van der Waals surface area contributed by atoms with E-state index in [2.05, 4.69) is 30.8 Å². The molecule has 1 rings (SSSR count). The van der Waals surface area contributed by atoms with Crippen molar-refractivity contribution < 1.29 is 13.9 Å². The van der Waals surface area contributed by atoms with Crippen LogP contribution in [0.1, 0.15) is 24.0 Å². The molecule has 0 fully saturated rings. The smallest absolute Gasteiger partial charge is 0.161 e. The molecule has 0 saturated heterocycles. The molecule has 0 radical (unpaired) electrons. The van der Waals surface area contributed by atoms with Gasteiger partial charge in [-0.3, -0.25) is 0 Å². The van der Waals surface area contributed by atoms with Crippen molar-refractivity contribution in [3.05, 3.63) is 42.0 Å². The Balaban J connectivity index is 2.02. The third-order valence-electron chi connectivity index (χ3n) is 3.22. The van der Waals surface area contributed by atoms with Gasteiger partial charge in [-0.05, 0) is 36.4 Å². The second-order valence-electron chi connectivity index (χ2n) is 4.70. The van der Waals surface area contributed by atoms with Gasteiger partial charge in [0.2, 0.25) is 0 Å². The van der Waals surface area contributed by atoms with E-state index in [1.807, 2.05) is 6.08 Å². The van der Waals surface area contributed by atoms with Crippen LogP contribution in [-0.2, 0) is 20.3 Å². The zero-order valence-corrected chi connectivity index (χ0v) is 14.1. The lowest BCUT2D eigenvalue weighted by Crippen LogP contribution is -2.14. The van der Waals surface area contributed by atoms with Gasteiger partial charge in [0, 0.05) is 20.8 Å². The van der Waals surface area contributed by atoms with Crippen molar-refractivity contribution in [1.29, 1.82) is 0 Å². The van der Waals surface area contributed by atoms with Gasteiger partial charge in [-0.15, -0.1) is 0 Å². The van der Waals surface area contributed by atoms with Crippen LogP contribution in [0.4, 0.5) is 0 Å². The molecular weight excluding hydrogens is 268 g/mol. The minimum absolute atomic E-state index is 0.0746. The molecule has 0 aromatic heterocycles. The van der Waals surface area contributed by atoms with Crippen LogP contribution in [0.25, 0.3) is 6.08 Å². The largest absolute Gasteiger partial charge is 0.424 e. The first-order valence-electron chi connectivity index (χ1n) is 7.15. The first-order valence-corrected chi connectivity index (χ1v) is 8.72. The standard InChI is InChI=1S/C16H26O3Si/c1-4-14-7-9-15(10-8-14)6-5-12-19-20-13-11-16(17-2)18-3/h4,7-10,16H,1,5-6,11-13,20H2,2-3H3. The number of ether oxygens (including phenoxy) is 2. The van der Waals surface area contributed by atoms with Crippen molar-refractivity contribution in [2.45, 2.75) is 31.6 Å². The summed E-state index contributed by atoms with van der Waals surface area (Å²) < 4.78 is 16.0. The molecule has 20 heavy (non-hydrogen) atoms. The molecule has 0 unspecified atom stereocenters. The SMILES string of the molecule is C=Cc1ccc(CCCO[SiH2]CCC(OC)OC)cc1. The summed E-state index contributed by atoms with van der Waals surface area (Å²) in [6.07, 6.45) is 4.88. The molecule has 0 spiro atoms. The zero-order valence-electron chi connectivity index (χ0n) is 12.6. The van der Waals surface area contributed by atoms with Gasteiger partial charge in [0.05, 0.1) is 0 Å². The molecule has 0 aliphatic rings. The lowest BCUT2D eigenvalue weighted by molar-refractivity contribution is -0.103. The second-order valence-corrected chi connectivity index (χ2v) is 6.23. The van der Waals surface area contributed by atoms with Gasteiger partial charge in [0.1, 0.15) is 0 Å². The number of benzene rings is 1. The maximum atomic E-state index is 5.75. The summed E-state index contributed by atoms with van der Waals surface area (Å²) in [4.78, 5) is 0. The fourth-order valence-electron chi connectivity index (χ4n) is 1.98. The summed E-state index contributed by atoms with van der Waals surface area (Å²) >= 11 is 0. The average Bonchev–Trinajstić information content (AvgIpc) is 2.51. The molecule has 1 aromatic carbocycles. The molecular formula is C16H26O3Si. The van der Waals surface area contributed by atoms with Crippen molar-refractivity contribution in [3.8, 4) is 0 Å². The maximum Gasteiger partial charge on any atom is 0.161 e. The quantitative estimate of drug-likeness (QED) is 0.357. The van der Waals surface area contributed by atoms with E-state index in [-0.39, 0.29) is 6.29 Å². The molecule has 0 aliphatic carbocycles. The number of rotatable bonds is 11. The number of hydrogen-bond donors (Lipinski definition) is 0. The maximum absolute atomic E-state index is 5.75. The van der Waals surface area contributed by atoms with Gasteiger partial charge in [-0.1, -0.05) is 36.9 Å². The van der Waals surface area contributed by atoms with Crippen molar-refractivity contribution in [1.82, 2.24) is 0 Å². The van der Waals surface area contributed by atoms with Gasteiger partial charge in [0.25, 0.3) is 0 Å². The second kappa shape index (κ2) is 10.8. The summed E-state index contributed by atoms with van der Waals surface area (Å²) in [5.41, 5.74) is 2.53. The molecule has 0 atom stereocenters. The van der Waals surface area contributed by atoms with E-state index in [1.54, 1.807) is 14.2 Å². The van der Waals surface area contributed by atoms with Crippen LogP contribution in [-0.4, -0.2) is 36.9 Å². The Bertz CT molecular complexity index is 360. The predicted molar refractivity (Wildman–Crippen MR) is 86.6 cm³/mol. The average molecular weight is 294 g/mol. The lowest BCUT2D eigenvalue weighted by Gasteiger charge is -2.12. The number of hydrogen-bond acceptors (Lipinski definition) is 3. The topological polar surface area (TPSA) is 27.7 Å².